The first-order chi connectivity index (χ1) is 13.2. The molecule has 0 saturated heterocycles. The molecular weight excluding hydrogens is 373 g/mol. The SMILES string of the molecule is CN(C)c1ccc(NC(=O)c2ccc(Cc3noc(C(F)(F)F)n3)cc2)cc1. The van der Waals surface area contributed by atoms with Crippen molar-refractivity contribution in [2.24, 2.45) is 0 Å². The predicted molar refractivity (Wildman–Crippen MR) is 97.3 cm³/mol. The van der Waals surface area contributed by atoms with Crippen LogP contribution in [0.2, 0.25) is 0 Å². The van der Waals surface area contributed by atoms with Crippen molar-refractivity contribution in [3.63, 3.8) is 0 Å². The molecule has 3 aromatic rings. The molecule has 2 aromatic carbocycles. The summed E-state index contributed by atoms with van der Waals surface area (Å²) in [5, 5.41) is 6.11. The molecule has 1 amide bonds. The quantitative estimate of drug-likeness (QED) is 0.713. The van der Waals surface area contributed by atoms with Crippen LogP contribution in [0.25, 0.3) is 0 Å². The van der Waals surface area contributed by atoms with Crippen molar-refractivity contribution in [1.82, 2.24) is 10.1 Å². The smallest absolute Gasteiger partial charge is 0.378 e. The molecule has 0 atom stereocenters. The summed E-state index contributed by atoms with van der Waals surface area (Å²) in [4.78, 5) is 17.6. The van der Waals surface area contributed by atoms with Crippen LogP contribution in [-0.2, 0) is 12.6 Å². The van der Waals surface area contributed by atoms with Crippen molar-refractivity contribution in [3.05, 3.63) is 71.4 Å². The predicted octanol–water partition coefficient (Wildman–Crippen LogP) is 4.00. The molecule has 0 saturated carbocycles. The molecule has 0 aliphatic heterocycles. The molecule has 1 aromatic heterocycles. The summed E-state index contributed by atoms with van der Waals surface area (Å²) in [6, 6.07) is 13.8. The van der Waals surface area contributed by atoms with Crippen molar-refractivity contribution < 1.29 is 22.5 Å². The number of carbonyl (C=O) groups is 1. The summed E-state index contributed by atoms with van der Waals surface area (Å²) in [5.41, 5.74) is 2.74. The van der Waals surface area contributed by atoms with Gasteiger partial charge in [-0.3, -0.25) is 4.79 Å². The Morgan fingerprint density at radius 2 is 1.71 bits per heavy atom. The van der Waals surface area contributed by atoms with E-state index in [9.17, 15) is 18.0 Å². The maximum atomic E-state index is 12.5. The average Bonchev–Trinajstić information content (AvgIpc) is 3.12. The topological polar surface area (TPSA) is 71.3 Å². The van der Waals surface area contributed by atoms with E-state index in [1.807, 2.05) is 31.1 Å². The molecule has 0 spiro atoms. The summed E-state index contributed by atoms with van der Waals surface area (Å²) >= 11 is 0. The number of hydrogen-bond acceptors (Lipinski definition) is 5. The molecule has 0 radical (unpaired) electrons. The van der Waals surface area contributed by atoms with Crippen molar-refractivity contribution >= 4 is 17.3 Å². The molecule has 28 heavy (non-hydrogen) atoms. The monoisotopic (exact) mass is 390 g/mol. The molecular formula is C19H17F3N4O2. The van der Waals surface area contributed by atoms with Crippen LogP contribution in [0.4, 0.5) is 24.5 Å². The molecule has 1 heterocycles. The number of alkyl halides is 3. The van der Waals surface area contributed by atoms with Crippen LogP contribution in [0.3, 0.4) is 0 Å². The van der Waals surface area contributed by atoms with Gasteiger partial charge in [0.05, 0.1) is 0 Å². The highest BCUT2D eigenvalue weighted by Gasteiger charge is 2.38. The second-order valence-electron chi connectivity index (χ2n) is 6.28. The molecule has 0 unspecified atom stereocenters. The van der Waals surface area contributed by atoms with Gasteiger partial charge < -0.3 is 14.7 Å². The van der Waals surface area contributed by atoms with Gasteiger partial charge in [0.15, 0.2) is 5.82 Å². The third-order valence-corrected chi connectivity index (χ3v) is 3.93. The summed E-state index contributed by atoms with van der Waals surface area (Å²) in [6.45, 7) is 0. The van der Waals surface area contributed by atoms with E-state index in [1.54, 1.807) is 36.4 Å². The molecule has 6 nitrogen and oxygen atoms in total. The van der Waals surface area contributed by atoms with Gasteiger partial charge in [-0.15, -0.1) is 0 Å². The lowest BCUT2D eigenvalue weighted by molar-refractivity contribution is -0.159. The van der Waals surface area contributed by atoms with Gasteiger partial charge in [0.25, 0.3) is 5.91 Å². The molecule has 0 aliphatic carbocycles. The van der Waals surface area contributed by atoms with E-state index in [1.165, 1.54) is 0 Å². The van der Waals surface area contributed by atoms with Crippen molar-refractivity contribution in [3.8, 4) is 0 Å². The molecule has 146 valence electrons. The summed E-state index contributed by atoms with van der Waals surface area (Å²) in [7, 11) is 3.85. The van der Waals surface area contributed by atoms with Crippen LogP contribution < -0.4 is 10.2 Å². The first-order valence-corrected chi connectivity index (χ1v) is 8.30. The number of carbonyl (C=O) groups excluding carboxylic acids is 1. The van der Waals surface area contributed by atoms with Gasteiger partial charge in [0.1, 0.15) is 0 Å². The van der Waals surface area contributed by atoms with Gasteiger partial charge in [-0.25, -0.2) is 0 Å². The Morgan fingerprint density at radius 3 is 2.25 bits per heavy atom. The van der Waals surface area contributed by atoms with E-state index in [0.29, 0.717) is 16.8 Å². The van der Waals surface area contributed by atoms with Gasteiger partial charge in [-0.1, -0.05) is 17.3 Å². The van der Waals surface area contributed by atoms with Gasteiger partial charge in [-0.2, -0.15) is 18.2 Å². The molecule has 0 bridgehead atoms. The molecule has 0 fully saturated rings. The minimum absolute atomic E-state index is 0.0630. The Balaban J connectivity index is 1.63. The van der Waals surface area contributed by atoms with E-state index >= 15 is 0 Å². The Bertz CT molecular complexity index is 949. The maximum absolute atomic E-state index is 12.5. The Labute approximate surface area is 159 Å². The first kappa shape index (κ1) is 19.4. The van der Waals surface area contributed by atoms with E-state index in [-0.39, 0.29) is 18.2 Å². The van der Waals surface area contributed by atoms with Gasteiger partial charge >= 0.3 is 12.1 Å². The lowest BCUT2D eigenvalue weighted by Gasteiger charge is -2.13. The molecule has 3 rings (SSSR count). The number of nitrogens with one attached hydrogen (secondary N) is 1. The normalized spacial score (nSPS) is 11.3. The number of hydrogen-bond donors (Lipinski definition) is 1. The average molecular weight is 390 g/mol. The number of benzene rings is 2. The zero-order valence-electron chi connectivity index (χ0n) is 15.1. The number of rotatable bonds is 5. The van der Waals surface area contributed by atoms with Gasteiger partial charge in [0, 0.05) is 37.5 Å². The van der Waals surface area contributed by atoms with Crippen LogP contribution in [0.15, 0.2) is 53.1 Å². The van der Waals surface area contributed by atoms with Gasteiger partial charge in [0.2, 0.25) is 0 Å². The summed E-state index contributed by atoms with van der Waals surface area (Å²) in [5.74, 6) is -1.74. The standard InChI is InChI=1S/C19H17F3N4O2/c1-26(2)15-9-7-14(8-10-15)23-17(27)13-5-3-12(4-6-13)11-16-24-18(28-25-16)19(20,21)22/h3-10H,11H2,1-2H3,(H,23,27). The van der Waals surface area contributed by atoms with E-state index in [4.69, 9.17) is 0 Å². The maximum Gasteiger partial charge on any atom is 0.471 e. The Kier molecular flexibility index (Phi) is 5.34. The van der Waals surface area contributed by atoms with Crippen LogP contribution >= 0.6 is 0 Å². The van der Waals surface area contributed by atoms with Crippen LogP contribution in [-0.4, -0.2) is 30.1 Å². The van der Waals surface area contributed by atoms with E-state index in [0.717, 1.165) is 5.69 Å². The van der Waals surface area contributed by atoms with Crippen molar-refractivity contribution in [1.29, 1.82) is 0 Å². The highest BCUT2D eigenvalue weighted by atomic mass is 19.4. The third kappa shape index (κ3) is 4.67. The number of nitrogens with zero attached hydrogens (tertiary/aromatic N) is 3. The zero-order chi connectivity index (χ0) is 20.3. The molecule has 9 heteroatoms. The lowest BCUT2D eigenvalue weighted by Crippen LogP contribution is -2.12. The van der Waals surface area contributed by atoms with Crippen molar-refractivity contribution in [2.75, 3.05) is 24.3 Å². The van der Waals surface area contributed by atoms with Crippen LogP contribution in [0.1, 0.15) is 27.6 Å². The van der Waals surface area contributed by atoms with Crippen molar-refractivity contribution in [2.45, 2.75) is 12.6 Å². The number of aromatic nitrogens is 2. The minimum atomic E-state index is -4.67. The second kappa shape index (κ2) is 7.71. The highest BCUT2D eigenvalue weighted by Crippen LogP contribution is 2.27. The van der Waals surface area contributed by atoms with E-state index in [2.05, 4.69) is 20.0 Å². The number of anilines is 2. The first-order valence-electron chi connectivity index (χ1n) is 8.30. The summed E-state index contributed by atoms with van der Waals surface area (Å²) < 4.78 is 41.6. The summed E-state index contributed by atoms with van der Waals surface area (Å²) in [6.07, 6.45) is -4.61. The van der Waals surface area contributed by atoms with E-state index < -0.39 is 12.1 Å². The number of halogens is 3. The third-order valence-electron chi connectivity index (χ3n) is 3.93. The fourth-order valence-corrected chi connectivity index (χ4v) is 2.44. The highest BCUT2D eigenvalue weighted by molar-refractivity contribution is 6.04. The zero-order valence-corrected chi connectivity index (χ0v) is 15.1. The minimum Gasteiger partial charge on any atom is -0.378 e. The Hall–Kier alpha value is -3.36. The fraction of sp³-hybridized carbons (Fsp3) is 0.211. The largest absolute Gasteiger partial charge is 0.471 e. The second-order valence-corrected chi connectivity index (χ2v) is 6.28. The fourth-order valence-electron chi connectivity index (χ4n) is 2.44. The van der Waals surface area contributed by atoms with Gasteiger partial charge in [-0.05, 0) is 42.0 Å². The Morgan fingerprint density at radius 1 is 1.07 bits per heavy atom. The molecule has 0 aliphatic rings. The lowest BCUT2D eigenvalue weighted by atomic mass is 10.1. The number of amides is 1. The molecule has 1 N–H and O–H groups in total. The van der Waals surface area contributed by atoms with Crippen LogP contribution in [0, 0.1) is 0 Å². The van der Waals surface area contributed by atoms with Crippen LogP contribution in [0.5, 0.6) is 0 Å².